The van der Waals surface area contributed by atoms with Crippen LogP contribution in [0.25, 0.3) is 11.1 Å². The molecule has 7 nitrogen and oxygen atoms in total. The molecule has 0 spiro atoms. The first-order valence-corrected chi connectivity index (χ1v) is 12.5. The number of benzene rings is 2. The van der Waals surface area contributed by atoms with E-state index in [1.807, 2.05) is 38.1 Å². The van der Waals surface area contributed by atoms with Gasteiger partial charge in [-0.1, -0.05) is 81.6 Å². The summed E-state index contributed by atoms with van der Waals surface area (Å²) < 4.78 is 5.64. The first-order valence-electron chi connectivity index (χ1n) is 12.5. The lowest BCUT2D eigenvalue weighted by molar-refractivity contribution is -0.152. The number of hydrogen-bond donors (Lipinski definition) is 2. The number of carbonyl (C=O) groups excluding carboxylic acids is 2. The number of rotatable bonds is 6. The van der Waals surface area contributed by atoms with Crippen molar-refractivity contribution in [2.24, 2.45) is 5.92 Å². The fourth-order valence-corrected chi connectivity index (χ4v) is 5.26. The van der Waals surface area contributed by atoms with Gasteiger partial charge in [-0.25, -0.2) is 9.59 Å². The highest BCUT2D eigenvalue weighted by Crippen LogP contribution is 2.44. The molecular formula is C28H34N2O5. The summed E-state index contributed by atoms with van der Waals surface area (Å²) >= 11 is 0. The van der Waals surface area contributed by atoms with Crippen LogP contribution in [0.1, 0.15) is 63.0 Å². The Labute approximate surface area is 206 Å². The number of alkyl carbamates (subject to hydrolysis) is 1. The van der Waals surface area contributed by atoms with Crippen molar-refractivity contribution in [3.63, 3.8) is 0 Å². The van der Waals surface area contributed by atoms with Crippen LogP contribution < -0.4 is 5.32 Å². The quantitative estimate of drug-likeness (QED) is 0.622. The van der Waals surface area contributed by atoms with Gasteiger partial charge in [-0.3, -0.25) is 4.79 Å². The molecule has 2 unspecified atom stereocenters. The maximum absolute atomic E-state index is 13.4. The van der Waals surface area contributed by atoms with Gasteiger partial charge in [0, 0.05) is 12.5 Å². The molecule has 0 aromatic heterocycles. The maximum Gasteiger partial charge on any atom is 0.407 e. The summed E-state index contributed by atoms with van der Waals surface area (Å²) in [6, 6.07) is 14.5. The molecule has 1 heterocycles. The number of carboxylic acids is 1. The Kier molecular flexibility index (Phi) is 7.73. The third kappa shape index (κ3) is 5.34. The second-order valence-corrected chi connectivity index (χ2v) is 9.78. The lowest BCUT2D eigenvalue weighted by Crippen LogP contribution is -2.56. The molecule has 1 saturated heterocycles. The predicted molar refractivity (Wildman–Crippen MR) is 133 cm³/mol. The van der Waals surface area contributed by atoms with Gasteiger partial charge in [0.15, 0.2) is 0 Å². The second kappa shape index (κ2) is 10.9. The Morgan fingerprint density at radius 2 is 1.57 bits per heavy atom. The van der Waals surface area contributed by atoms with Gasteiger partial charge in [-0.2, -0.15) is 0 Å². The Morgan fingerprint density at radius 3 is 2.17 bits per heavy atom. The maximum atomic E-state index is 13.4. The summed E-state index contributed by atoms with van der Waals surface area (Å²) in [5.41, 5.74) is 4.51. The Bertz CT molecular complexity index is 1040. The molecular weight excluding hydrogens is 444 g/mol. The number of fused-ring (bicyclic) bond motifs is 3. The number of nitrogens with one attached hydrogen (secondary N) is 1. The van der Waals surface area contributed by atoms with E-state index >= 15 is 0 Å². The molecule has 2 amide bonds. The van der Waals surface area contributed by atoms with Crippen molar-refractivity contribution in [3.05, 3.63) is 59.7 Å². The molecule has 2 aromatic rings. The molecule has 2 aliphatic rings. The summed E-state index contributed by atoms with van der Waals surface area (Å²) in [6.45, 7) is 4.21. The van der Waals surface area contributed by atoms with Gasteiger partial charge in [0.25, 0.3) is 0 Å². The largest absolute Gasteiger partial charge is 0.480 e. The highest BCUT2D eigenvalue weighted by Gasteiger charge is 2.36. The molecule has 1 fully saturated rings. The molecule has 35 heavy (non-hydrogen) atoms. The van der Waals surface area contributed by atoms with Crippen molar-refractivity contribution >= 4 is 18.0 Å². The molecule has 2 N–H and O–H groups in total. The third-order valence-electron chi connectivity index (χ3n) is 7.12. The average Bonchev–Trinajstić information content (AvgIpc) is 3.14. The number of aliphatic carboxylic acids is 1. The molecule has 2 aromatic carbocycles. The Morgan fingerprint density at radius 1 is 0.971 bits per heavy atom. The van der Waals surface area contributed by atoms with Gasteiger partial charge in [0.1, 0.15) is 18.7 Å². The SMILES string of the molecule is CC(C)C(NC(=O)OCC1c2ccccc2-c2ccccc21)C(=O)N1CCCCCCC1C(=O)O. The average molecular weight is 479 g/mol. The number of likely N-dealkylation sites (tertiary alicyclic amines) is 1. The number of ether oxygens (including phenoxy) is 1. The number of hydrogen-bond acceptors (Lipinski definition) is 4. The number of carboxylic acid groups (broad SMARTS) is 1. The van der Waals surface area contributed by atoms with Crippen molar-refractivity contribution < 1.29 is 24.2 Å². The first kappa shape index (κ1) is 24.8. The van der Waals surface area contributed by atoms with Gasteiger partial charge in [-0.15, -0.1) is 0 Å². The van der Waals surface area contributed by atoms with Crippen LogP contribution in [0.2, 0.25) is 0 Å². The predicted octanol–water partition coefficient (Wildman–Crippen LogP) is 4.80. The van der Waals surface area contributed by atoms with Crippen molar-refractivity contribution in [2.45, 2.75) is 64.0 Å². The molecule has 7 heteroatoms. The molecule has 0 radical (unpaired) electrons. The lowest BCUT2D eigenvalue weighted by Gasteiger charge is -2.35. The molecule has 2 atom stereocenters. The molecule has 1 aliphatic heterocycles. The molecule has 1 aliphatic carbocycles. The minimum absolute atomic E-state index is 0.0768. The van der Waals surface area contributed by atoms with Crippen molar-refractivity contribution in [3.8, 4) is 11.1 Å². The normalized spacial score (nSPS) is 18.7. The minimum atomic E-state index is -0.996. The fourth-order valence-electron chi connectivity index (χ4n) is 5.26. The van der Waals surface area contributed by atoms with E-state index in [2.05, 4.69) is 29.6 Å². The third-order valence-corrected chi connectivity index (χ3v) is 7.12. The van der Waals surface area contributed by atoms with Crippen LogP contribution in [0.4, 0.5) is 4.79 Å². The number of carbonyl (C=O) groups is 3. The van der Waals surface area contributed by atoms with Crippen LogP contribution in [0.15, 0.2) is 48.5 Å². The molecule has 186 valence electrons. The van der Waals surface area contributed by atoms with Crippen LogP contribution >= 0.6 is 0 Å². The Balaban J connectivity index is 1.45. The summed E-state index contributed by atoms with van der Waals surface area (Å²) in [5, 5.41) is 12.5. The molecule has 0 saturated carbocycles. The second-order valence-electron chi connectivity index (χ2n) is 9.78. The van der Waals surface area contributed by atoms with Crippen molar-refractivity contribution in [1.29, 1.82) is 0 Å². The van der Waals surface area contributed by atoms with E-state index in [-0.39, 0.29) is 24.3 Å². The Hall–Kier alpha value is -3.35. The lowest BCUT2D eigenvalue weighted by atomic mass is 9.97. The van der Waals surface area contributed by atoms with Crippen molar-refractivity contribution in [2.75, 3.05) is 13.2 Å². The van der Waals surface area contributed by atoms with Gasteiger partial charge in [-0.05, 0) is 41.0 Å². The zero-order valence-electron chi connectivity index (χ0n) is 20.4. The first-order chi connectivity index (χ1) is 16.9. The van der Waals surface area contributed by atoms with Crippen LogP contribution in [0.5, 0.6) is 0 Å². The van der Waals surface area contributed by atoms with E-state index in [9.17, 15) is 19.5 Å². The van der Waals surface area contributed by atoms with Gasteiger partial charge in [0.05, 0.1) is 0 Å². The highest BCUT2D eigenvalue weighted by molar-refractivity contribution is 5.89. The number of nitrogens with zero attached hydrogens (tertiary/aromatic N) is 1. The molecule has 4 rings (SSSR count). The fraction of sp³-hybridized carbons (Fsp3) is 0.464. The van der Waals surface area contributed by atoms with Crippen LogP contribution in [0, 0.1) is 5.92 Å². The smallest absolute Gasteiger partial charge is 0.407 e. The minimum Gasteiger partial charge on any atom is -0.480 e. The van der Waals surface area contributed by atoms with Crippen molar-refractivity contribution in [1.82, 2.24) is 10.2 Å². The summed E-state index contributed by atoms with van der Waals surface area (Å²) in [7, 11) is 0. The summed E-state index contributed by atoms with van der Waals surface area (Å²) in [6.07, 6.45) is 3.21. The van der Waals surface area contributed by atoms with Gasteiger partial charge >= 0.3 is 12.1 Å². The van der Waals surface area contributed by atoms with E-state index in [1.165, 1.54) is 4.90 Å². The van der Waals surface area contributed by atoms with E-state index in [0.29, 0.717) is 13.0 Å². The van der Waals surface area contributed by atoms with Crippen LogP contribution in [0.3, 0.4) is 0 Å². The van der Waals surface area contributed by atoms with E-state index in [4.69, 9.17) is 4.74 Å². The van der Waals surface area contributed by atoms with E-state index < -0.39 is 24.1 Å². The van der Waals surface area contributed by atoms with Gasteiger partial charge < -0.3 is 20.1 Å². The standard InChI is InChI=1S/C28H34N2O5/c1-18(2)25(26(31)30-16-10-4-3-5-15-24(30)27(32)33)29-28(34)35-17-23-21-13-8-6-11-19(21)20-12-7-9-14-22(20)23/h6-9,11-14,18,23-25H,3-5,10,15-17H2,1-2H3,(H,29,34)(H,32,33). The van der Waals surface area contributed by atoms with Gasteiger partial charge in [0.2, 0.25) is 5.91 Å². The number of amides is 2. The van der Waals surface area contributed by atoms with E-state index in [1.54, 1.807) is 0 Å². The summed E-state index contributed by atoms with van der Waals surface area (Å²) in [5.74, 6) is -1.65. The monoisotopic (exact) mass is 478 g/mol. The zero-order valence-corrected chi connectivity index (χ0v) is 20.4. The van der Waals surface area contributed by atoms with Crippen LogP contribution in [-0.2, 0) is 14.3 Å². The highest BCUT2D eigenvalue weighted by atomic mass is 16.5. The zero-order chi connectivity index (χ0) is 24.9. The molecule has 0 bridgehead atoms. The van der Waals surface area contributed by atoms with E-state index in [0.717, 1.165) is 47.9 Å². The van der Waals surface area contributed by atoms with Crippen LogP contribution in [-0.4, -0.2) is 53.2 Å². The summed E-state index contributed by atoms with van der Waals surface area (Å²) in [4.78, 5) is 39.6. The topological polar surface area (TPSA) is 95.9 Å².